The Balaban J connectivity index is 2.28. The van der Waals surface area contributed by atoms with E-state index in [9.17, 15) is 0 Å². The topological polar surface area (TPSA) is 9.23 Å². The highest BCUT2D eigenvalue weighted by Gasteiger charge is 2.21. The van der Waals surface area contributed by atoms with Crippen LogP contribution >= 0.6 is 35.0 Å². The highest BCUT2D eigenvalue weighted by molar-refractivity contribution is 8.01. The number of ether oxygens (including phenoxy) is 1. The van der Waals surface area contributed by atoms with Crippen LogP contribution in [0.15, 0.2) is 0 Å². The van der Waals surface area contributed by atoms with Crippen molar-refractivity contribution in [2.24, 2.45) is 0 Å². The Hall–Kier alpha value is 0.890. The van der Waals surface area contributed by atoms with E-state index in [1.165, 1.54) is 0 Å². The van der Waals surface area contributed by atoms with Gasteiger partial charge in [-0.15, -0.1) is 23.4 Å². The molecule has 4 heteroatoms. The summed E-state index contributed by atoms with van der Waals surface area (Å²) in [5, 5.41) is 0. The highest BCUT2D eigenvalue weighted by atomic mass is 35.5. The summed E-state index contributed by atoms with van der Waals surface area (Å²) in [6, 6.07) is 0. The average Bonchev–Trinajstić information content (AvgIpc) is 1.77. The Labute approximate surface area is 62.7 Å². The normalized spacial score (nSPS) is 39.8. The number of halogens is 2. The molecular formula is C4H6Cl2OS. The van der Waals surface area contributed by atoms with E-state index >= 15 is 0 Å². The van der Waals surface area contributed by atoms with Crippen molar-refractivity contribution in [1.29, 1.82) is 0 Å². The fraction of sp³-hybridized carbons (Fsp3) is 1.00. The monoisotopic (exact) mass is 172 g/mol. The molecule has 0 saturated carbocycles. The maximum atomic E-state index is 5.67. The van der Waals surface area contributed by atoms with E-state index in [1.807, 2.05) is 0 Å². The fourth-order valence-corrected chi connectivity index (χ4v) is 1.77. The summed E-state index contributed by atoms with van der Waals surface area (Å²) in [5.41, 5.74) is -0.296. The molecule has 1 aliphatic rings. The molecule has 0 aromatic carbocycles. The Morgan fingerprint density at radius 3 is 2.62 bits per heavy atom. The van der Waals surface area contributed by atoms with E-state index in [1.54, 1.807) is 11.8 Å². The zero-order chi connectivity index (χ0) is 5.98. The van der Waals surface area contributed by atoms with Crippen molar-refractivity contribution >= 4 is 35.0 Å². The van der Waals surface area contributed by atoms with E-state index in [4.69, 9.17) is 27.9 Å². The molecule has 2 unspecified atom stereocenters. The van der Waals surface area contributed by atoms with Gasteiger partial charge < -0.3 is 4.74 Å². The average molecular weight is 173 g/mol. The van der Waals surface area contributed by atoms with Gasteiger partial charge in [0.25, 0.3) is 0 Å². The number of alkyl halides is 2. The third-order valence-electron chi connectivity index (χ3n) is 0.844. The predicted octanol–water partition coefficient (Wildman–Crippen LogP) is 1.88. The van der Waals surface area contributed by atoms with Gasteiger partial charge in [-0.05, 0) is 0 Å². The molecule has 1 rings (SSSR count). The van der Waals surface area contributed by atoms with E-state index < -0.39 is 0 Å². The molecule has 1 nitrogen and oxygen atoms in total. The van der Waals surface area contributed by atoms with Crippen LogP contribution in [0.1, 0.15) is 0 Å². The van der Waals surface area contributed by atoms with Gasteiger partial charge in [0.15, 0.2) is 5.56 Å². The molecule has 48 valence electrons. The largest absolute Gasteiger partial charge is 0.359 e. The van der Waals surface area contributed by atoms with E-state index in [0.717, 1.165) is 12.4 Å². The van der Waals surface area contributed by atoms with Gasteiger partial charge in [-0.25, -0.2) is 0 Å². The van der Waals surface area contributed by atoms with Crippen molar-refractivity contribution in [1.82, 2.24) is 0 Å². The zero-order valence-corrected chi connectivity index (χ0v) is 6.47. The Morgan fingerprint density at radius 2 is 2.25 bits per heavy atom. The van der Waals surface area contributed by atoms with Crippen LogP contribution in [0.5, 0.6) is 0 Å². The van der Waals surface area contributed by atoms with Crippen LogP contribution in [0.2, 0.25) is 0 Å². The van der Waals surface area contributed by atoms with Crippen molar-refractivity contribution in [2.45, 2.75) is 10.3 Å². The lowest BCUT2D eigenvalue weighted by Gasteiger charge is -2.21. The maximum absolute atomic E-state index is 5.67. The summed E-state index contributed by atoms with van der Waals surface area (Å²) in [4.78, 5) is 0. The third kappa shape index (κ3) is 1.69. The minimum atomic E-state index is -0.296. The van der Waals surface area contributed by atoms with Gasteiger partial charge in [-0.2, -0.15) is 0 Å². The van der Waals surface area contributed by atoms with Gasteiger partial charge in [0.05, 0.1) is 6.61 Å². The lowest BCUT2D eigenvalue weighted by Crippen LogP contribution is -2.23. The lowest BCUT2D eigenvalue weighted by atomic mass is 10.7. The van der Waals surface area contributed by atoms with Gasteiger partial charge in [-0.1, -0.05) is 11.6 Å². The van der Waals surface area contributed by atoms with Crippen LogP contribution in [0, 0.1) is 0 Å². The highest BCUT2D eigenvalue weighted by Crippen LogP contribution is 2.27. The molecule has 2 atom stereocenters. The Bertz CT molecular complexity index is 70.4. The first-order valence-corrected chi connectivity index (χ1v) is 4.24. The first-order valence-electron chi connectivity index (χ1n) is 2.32. The third-order valence-corrected chi connectivity index (χ3v) is 3.07. The number of rotatable bonds is 0. The van der Waals surface area contributed by atoms with E-state index in [-0.39, 0.29) is 10.3 Å². The van der Waals surface area contributed by atoms with Crippen molar-refractivity contribution < 1.29 is 4.74 Å². The Morgan fingerprint density at radius 1 is 1.50 bits per heavy atom. The molecule has 1 fully saturated rings. The standard InChI is InChI=1S/C4H6Cl2OS/c5-3-4(6)8-2-1-7-3/h3-4H,1-2H2. The number of hydrogen-bond donors (Lipinski definition) is 0. The quantitative estimate of drug-likeness (QED) is 0.517. The van der Waals surface area contributed by atoms with Crippen LogP contribution in [-0.2, 0) is 4.74 Å². The molecule has 0 amide bonds. The second kappa shape index (κ2) is 3.16. The Kier molecular flexibility index (Phi) is 2.76. The summed E-state index contributed by atoms with van der Waals surface area (Å²) in [6.45, 7) is 0.724. The molecule has 1 saturated heterocycles. The zero-order valence-electron chi connectivity index (χ0n) is 4.14. The smallest absolute Gasteiger partial charge is 0.156 e. The van der Waals surface area contributed by atoms with Crippen molar-refractivity contribution in [3.05, 3.63) is 0 Å². The molecule has 0 N–H and O–H groups in total. The van der Waals surface area contributed by atoms with Crippen molar-refractivity contribution in [3.8, 4) is 0 Å². The van der Waals surface area contributed by atoms with Crippen molar-refractivity contribution in [3.63, 3.8) is 0 Å². The first kappa shape index (κ1) is 7.00. The molecule has 0 aromatic heterocycles. The van der Waals surface area contributed by atoms with Gasteiger partial charge in [0, 0.05) is 5.75 Å². The second-order valence-electron chi connectivity index (χ2n) is 1.44. The molecular weight excluding hydrogens is 167 g/mol. The van der Waals surface area contributed by atoms with Crippen LogP contribution in [-0.4, -0.2) is 22.6 Å². The first-order chi connectivity index (χ1) is 3.80. The summed E-state index contributed by atoms with van der Waals surface area (Å²) in [6.07, 6.45) is 0. The SMILES string of the molecule is ClC1OCCSC1Cl. The number of hydrogen-bond acceptors (Lipinski definition) is 2. The van der Waals surface area contributed by atoms with Crippen LogP contribution in [0.3, 0.4) is 0 Å². The molecule has 1 aliphatic heterocycles. The molecule has 0 spiro atoms. The minimum Gasteiger partial charge on any atom is -0.359 e. The summed E-state index contributed by atoms with van der Waals surface area (Å²) in [7, 11) is 0. The van der Waals surface area contributed by atoms with Crippen LogP contribution in [0.4, 0.5) is 0 Å². The maximum Gasteiger partial charge on any atom is 0.156 e. The lowest BCUT2D eigenvalue weighted by molar-refractivity contribution is 0.125. The van der Waals surface area contributed by atoms with Gasteiger partial charge in [-0.3, -0.25) is 0 Å². The van der Waals surface area contributed by atoms with Gasteiger partial charge in [0.2, 0.25) is 0 Å². The van der Waals surface area contributed by atoms with E-state index in [2.05, 4.69) is 0 Å². The summed E-state index contributed by atoms with van der Waals surface area (Å²) < 4.78 is 4.94. The molecule has 1 heterocycles. The molecule has 0 aliphatic carbocycles. The second-order valence-corrected chi connectivity index (χ2v) is 3.85. The molecule has 0 radical (unpaired) electrons. The molecule has 8 heavy (non-hydrogen) atoms. The summed E-state index contributed by atoms with van der Waals surface area (Å²) >= 11 is 12.9. The van der Waals surface area contributed by atoms with Crippen LogP contribution in [0.25, 0.3) is 0 Å². The fourth-order valence-electron chi connectivity index (χ4n) is 0.473. The molecule has 0 bridgehead atoms. The van der Waals surface area contributed by atoms with Crippen LogP contribution < -0.4 is 0 Å². The summed E-state index contributed by atoms with van der Waals surface area (Å²) in [5.74, 6) is 0.956. The van der Waals surface area contributed by atoms with Gasteiger partial charge in [0.1, 0.15) is 4.71 Å². The van der Waals surface area contributed by atoms with E-state index in [0.29, 0.717) is 0 Å². The predicted molar refractivity (Wildman–Crippen MR) is 37.7 cm³/mol. The number of thioether (sulfide) groups is 1. The molecule has 0 aromatic rings. The minimum absolute atomic E-state index is 0.0644. The van der Waals surface area contributed by atoms with Crippen molar-refractivity contribution in [2.75, 3.05) is 12.4 Å². The van der Waals surface area contributed by atoms with Gasteiger partial charge >= 0.3 is 0 Å².